The molecular formula is C16H25N5. The zero-order valence-electron chi connectivity index (χ0n) is 15.7. The molecule has 0 N–H and O–H groups in total. The van der Waals surface area contributed by atoms with Crippen LogP contribution in [0.4, 0.5) is 0 Å². The van der Waals surface area contributed by atoms with Gasteiger partial charge >= 0.3 is 0 Å². The van der Waals surface area contributed by atoms with E-state index in [0.717, 1.165) is 0 Å². The van der Waals surface area contributed by atoms with Gasteiger partial charge in [0, 0.05) is 53.7 Å². The summed E-state index contributed by atoms with van der Waals surface area (Å²) in [4.78, 5) is 18.6. The molecule has 114 valence electrons. The van der Waals surface area contributed by atoms with Gasteiger partial charge in [-0.15, -0.1) is 0 Å². The van der Waals surface area contributed by atoms with E-state index >= 15 is 0 Å². The van der Waals surface area contributed by atoms with Crippen LogP contribution in [0.3, 0.4) is 0 Å². The van der Waals surface area contributed by atoms with Crippen LogP contribution in [0.2, 0.25) is 0 Å². The second-order valence-corrected chi connectivity index (χ2v) is 2.82. The maximum Gasteiger partial charge on any atom is 0.115 e. The third kappa shape index (κ3) is 17.3. The standard InChI is InChI=1S/C5H5N.2C4H4N2.3CH4/c1-2-4-6-5-3-1;1-2-6-4-3-5-1;1-2-5-4-6-3-1;;;/h1-5H;2*1-4H;3*1H4/i;;;3*1D. The van der Waals surface area contributed by atoms with Crippen molar-refractivity contribution in [2.24, 2.45) is 0 Å². The van der Waals surface area contributed by atoms with Crippen molar-refractivity contribution >= 4 is 0 Å². The van der Waals surface area contributed by atoms with Gasteiger partial charge in [-0.25, -0.2) is 9.97 Å². The van der Waals surface area contributed by atoms with Crippen molar-refractivity contribution in [2.45, 2.75) is 22.2 Å². The topological polar surface area (TPSA) is 64.5 Å². The van der Waals surface area contributed by atoms with Crippen molar-refractivity contribution in [1.29, 1.82) is 0 Å². The van der Waals surface area contributed by atoms with Crippen LogP contribution in [0.15, 0.2) is 80.2 Å². The Balaban J connectivity index is -0.000000239. The molecule has 0 aliphatic rings. The number of hydrogen-bond acceptors (Lipinski definition) is 5. The predicted molar refractivity (Wildman–Crippen MR) is 88.5 cm³/mol. The average Bonchev–Trinajstić information content (AvgIpc) is 2.77. The van der Waals surface area contributed by atoms with E-state index < -0.39 is 0 Å². The minimum absolute atomic E-state index is 1.25. The Kier molecular flexibility index (Phi) is 15.3. The molecule has 3 aromatic rings. The highest BCUT2D eigenvalue weighted by molar-refractivity contribution is 4.88. The number of pyridine rings is 1. The quantitative estimate of drug-likeness (QED) is 0.627. The van der Waals surface area contributed by atoms with E-state index in [0.29, 0.717) is 0 Å². The van der Waals surface area contributed by atoms with Crippen molar-refractivity contribution in [2.75, 3.05) is 0 Å². The van der Waals surface area contributed by atoms with Gasteiger partial charge in [0.15, 0.2) is 0 Å². The Labute approximate surface area is 132 Å². The normalized spacial score (nSPS) is 7.86. The lowest BCUT2D eigenvalue weighted by molar-refractivity contribution is 1.17. The van der Waals surface area contributed by atoms with E-state index in [1.807, 2.05) is 18.2 Å². The molecule has 3 aromatic heterocycles. The van der Waals surface area contributed by atoms with Gasteiger partial charge in [0.1, 0.15) is 6.33 Å². The fourth-order valence-corrected chi connectivity index (χ4v) is 0.819. The molecule has 0 atom stereocenters. The molecule has 5 nitrogen and oxygen atoms in total. The summed E-state index contributed by atoms with van der Waals surface area (Å²) in [7, 11) is 3.75. The molecule has 0 aromatic carbocycles. The first-order chi connectivity index (χ1) is 12.0. The molecular weight excluding hydrogens is 262 g/mol. The predicted octanol–water partition coefficient (Wildman–Crippen LogP) is 3.94. The molecule has 5 heteroatoms. The fraction of sp³-hybridized carbons (Fsp3) is 0.188. The monoisotopic (exact) mass is 290 g/mol. The first-order valence-corrected chi connectivity index (χ1v) is 5.25. The lowest BCUT2D eigenvalue weighted by Gasteiger charge is -1.70. The number of aromatic nitrogens is 5. The molecule has 0 aliphatic heterocycles. The molecule has 0 bridgehead atoms. The molecule has 3 rings (SSSR count). The van der Waals surface area contributed by atoms with E-state index in [2.05, 4.69) is 24.9 Å². The van der Waals surface area contributed by atoms with Crippen LogP contribution in [0.1, 0.15) is 26.3 Å². The lowest BCUT2D eigenvalue weighted by Crippen LogP contribution is -1.66. The van der Waals surface area contributed by atoms with E-state index in [-0.39, 0.29) is 0 Å². The summed E-state index contributed by atoms with van der Waals surface area (Å²) >= 11 is 0. The SMILES string of the molecule is [2H]C.[2H]C.[2H]C.c1ccncc1.c1cnccn1.c1cncnc1. The number of nitrogens with zero attached hydrogens (tertiary/aromatic N) is 5. The highest BCUT2D eigenvalue weighted by atomic mass is 14.8. The second kappa shape index (κ2) is 19.6. The van der Waals surface area contributed by atoms with E-state index in [1.165, 1.54) is 28.5 Å². The van der Waals surface area contributed by atoms with Gasteiger partial charge in [-0.05, 0) is 18.2 Å². The van der Waals surface area contributed by atoms with Crippen LogP contribution in [0.25, 0.3) is 0 Å². The highest BCUT2D eigenvalue weighted by Gasteiger charge is 1.60. The summed E-state index contributed by atoms with van der Waals surface area (Å²) in [5.41, 5.74) is 0. The zero-order valence-corrected chi connectivity index (χ0v) is 12.7. The third-order valence-corrected chi connectivity index (χ3v) is 1.52. The minimum Gasteiger partial charge on any atom is -0.265 e. The molecule has 0 saturated carbocycles. The zero-order chi connectivity index (χ0) is 18.7. The van der Waals surface area contributed by atoms with Gasteiger partial charge in [0.2, 0.25) is 0 Å². The first kappa shape index (κ1) is 16.4. The maximum atomic E-state index is 5.75. The number of rotatable bonds is 0. The average molecular weight is 290 g/mol. The summed E-state index contributed by atoms with van der Waals surface area (Å²) in [6.07, 6.45) is 14.9. The Hall–Kier alpha value is -2.69. The summed E-state index contributed by atoms with van der Waals surface area (Å²) in [5.74, 6) is 0. The van der Waals surface area contributed by atoms with Crippen LogP contribution in [0, 0.1) is 0 Å². The van der Waals surface area contributed by atoms with Crippen molar-refractivity contribution < 1.29 is 4.11 Å². The van der Waals surface area contributed by atoms with E-state index in [1.54, 1.807) is 55.6 Å². The van der Waals surface area contributed by atoms with Gasteiger partial charge in [-0.3, -0.25) is 15.0 Å². The van der Waals surface area contributed by atoms with E-state index in [9.17, 15) is 0 Å². The minimum atomic E-state index is 1.25. The molecule has 0 aliphatic carbocycles. The van der Waals surface area contributed by atoms with Crippen LogP contribution < -0.4 is 0 Å². The van der Waals surface area contributed by atoms with Crippen LogP contribution in [-0.4, -0.2) is 24.9 Å². The number of hydrogen-bond donors (Lipinski definition) is 0. The van der Waals surface area contributed by atoms with Gasteiger partial charge in [0.05, 0.1) is 0 Å². The van der Waals surface area contributed by atoms with Gasteiger partial charge in [-0.2, -0.15) is 0 Å². The summed E-state index contributed by atoms with van der Waals surface area (Å²) < 4.78 is 17.2. The molecule has 21 heavy (non-hydrogen) atoms. The Bertz CT molecular complexity index is 320. The summed E-state index contributed by atoms with van der Waals surface area (Å²) in [6.45, 7) is 0. The molecule has 0 saturated heterocycles. The van der Waals surface area contributed by atoms with Crippen LogP contribution >= 0.6 is 0 Å². The van der Waals surface area contributed by atoms with E-state index in [4.69, 9.17) is 4.11 Å². The van der Waals surface area contributed by atoms with Crippen LogP contribution in [0.5, 0.6) is 0 Å². The maximum absolute atomic E-state index is 5.75. The molecule has 0 radical (unpaired) electrons. The summed E-state index contributed by atoms with van der Waals surface area (Å²) in [5, 5.41) is 0. The van der Waals surface area contributed by atoms with Crippen molar-refractivity contribution in [3.05, 3.63) is 80.2 Å². The second-order valence-electron chi connectivity index (χ2n) is 2.82. The van der Waals surface area contributed by atoms with Crippen molar-refractivity contribution in [1.82, 2.24) is 24.9 Å². The van der Waals surface area contributed by atoms with Gasteiger partial charge in [0.25, 0.3) is 0 Å². The summed E-state index contributed by atoms with van der Waals surface area (Å²) in [6, 6.07) is 7.49. The molecule has 0 spiro atoms. The van der Waals surface area contributed by atoms with Crippen molar-refractivity contribution in [3.63, 3.8) is 0 Å². The largest absolute Gasteiger partial charge is 0.265 e. The fourth-order valence-electron chi connectivity index (χ4n) is 0.819. The first-order valence-electron chi connectivity index (χ1n) is 8.25. The third-order valence-electron chi connectivity index (χ3n) is 1.52. The lowest BCUT2D eigenvalue weighted by atomic mass is 10.5. The molecule has 0 unspecified atom stereocenters. The molecule has 0 amide bonds. The van der Waals surface area contributed by atoms with Crippen molar-refractivity contribution in [3.8, 4) is 0 Å². The van der Waals surface area contributed by atoms with Gasteiger partial charge in [-0.1, -0.05) is 28.3 Å². The Morgan fingerprint density at radius 2 is 0.810 bits per heavy atom. The molecule has 0 fully saturated rings. The highest BCUT2D eigenvalue weighted by Crippen LogP contribution is 1.73. The van der Waals surface area contributed by atoms with Gasteiger partial charge < -0.3 is 0 Å². The van der Waals surface area contributed by atoms with Crippen LogP contribution in [-0.2, 0) is 0 Å². The Morgan fingerprint density at radius 3 is 0.952 bits per heavy atom. The Morgan fingerprint density at radius 1 is 0.429 bits per heavy atom. The smallest absolute Gasteiger partial charge is 0.115 e. The molecule has 3 heterocycles.